The standard InChI is InChI=1S/C23H29NSi/c1-16-17(2)19(4)23(18(16)3)25(5,6)24-22-15-11-10-14-21(22)20-12-8-7-9-13-20/h7-15,23-24H,1-6H3. The first-order valence-corrected chi connectivity index (χ1v) is 12.2. The number of hydrogen-bond donors (Lipinski definition) is 1. The number of anilines is 1. The smallest absolute Gasteiger partial charge is 0.158 e. The Kier molecular flexibility index (Phi) is 4.74. The van der Waals surface area contributed by atoms with Crippen LogP contribution < -0.4 is 4.98 Å². The highest BCUT2D eigenvalue weighted by Gasteiger charge is 2.39. The summed E-state index contributed by atoms with van der Waals surface area (Å²) in [5.74, 6) is 0. The predicted molar refractivity (Wildman–Crippen MR) is 113 cm³/mol. The lowest BCUT2D eigenvalue weighted by Gasteiger charge is -2.35. The molecule has 0 aromatic heterocycles. The van der Waals surface area contributed by atoms with Gasteiger partial charge in [0.2, 0.25) is 0 Å². The van der Waals surface area contributed by atoms with Crippen LogP contribution in [0, 0.1) is 0 Å². The molecule has 2 aromatic rings. The van der Waals surface area contributed by atoms with Gasteiger partial charge in [-0.3, -0.25) is 0 Å². The summed E-state index contributed by atoms with van der Waals surface area (Å²) in [7, 11) is -1.75. The number of para-hydroxylation sites is 1. The number of allylic oxidation sites excluding steroid dienone is 4. The molecule has 1 aliphatic carbocycles. The third-order valence-corrected chi connectivity index (χ3v) is 9.02. The molecule has 0 aliphatic heterocycles. The molecule has 0 bridgehead atoms. The van der Waals surface area contributed by atoms with Crippen LogP contribution in [0.1, 0.15) is 27.7 Å². The summed E-state index contributed by atoms with van der Waals surface area (Å²) in [6.07, 6.45) is 0. The van der Waals surface area contributed by atoms with E-state index in [4.69, 9.17) is 0 Å². The lowest BCUT2D eigenvalue weighted by molar-refractivity contribution is 1.07. The van der Waals surface area contributed by atoms with Gasteiger partial charge in [0, 0.05) is 16.8 Å². The van der Waals surface area contributed by atoms with E-state index in [0.29, 0.717) is 5.54 Å². The van der Waals surface area contributed by atoms with Gasteiger partial charge in [-0.05, 0) is 50.5 Å². The molecule has 0 unspecified atom stereocenters. The molecule has 0 saturated heterocycles. The zero-order valence-electron chi connectivity index (χ0n) is 16.3. The summed E-state index contributed by atoms with van der Waals surface area (Å²) in [6.45, 7) is 14.1. The van der Waals surface area contributed by atoms with Crippen molar-refractivity contribution in [2.75, 3.05) is 4.98 Å². The fraction of sp³-hybridized carbons (Fsp3) is 0.304. The molecular weight excluding hydrogens is 318 g/mol. The summed E-state index contributed by atoms with van der Waals surface area (Å²) in [6, 6.07) is 19.4. The highest BCUT2D eigenvalue weighted by Crippen LogP contribution is 2.47. The maximum absolute atomic E-state index is 4.00. The van der Waals surface area contributed by atoms with Crippen molar-refractivity contribution in [1.82, 2.24) is 0 Å². The van der Waals surface area contributed by atoms with Crippen molar-refractivity contribution in [3.63, 3.8) is 0 Å². The molecule has 2 heteroatoms. The largest absolute Gasteiger partial charge is 0.409 e. The molecule has 0 radical (unpaired) electrons. The van der Waals surface area contributed by atoms with Crippen LogP contribution in [0.25, 0.3) is 11.1 Å². The van der Waals surface area contributed by atoms with Crippen LogP contribution in [0.5, 0.6) is 0 Å². The third-order valence-electron chi connectivity index (χ3n) is 5.80. The van der Waals surface area contributed by atoms with Gasteiger partial charge in [0.15, 0.2) is 8.24 Å². The van der Waals surface area contributed by atoms with E-state index in [1.165, 1.54) is 28.0 Å². The second kappa shape index (κ2) is 6.68. The Morgan fingerprint density at radius 3 is 1.84 bits per heavy atom. The van der Waals surface area contributed by atoms with E-state index in [1.54, 1.807) is 11.1 Å². The molecule has 0 amide bonds. The molecule has 0 heterocycles. The SMILES string of the molecule is CC1=C(C)C([Si](C)(C)Nc2ccccc2-c2ccccc2)C(C)=C1C. The molecule has 0 atom stereocenters. The summed E-state index contributed by atoms with van der Waals surface area (Å²) in [5, 5.41) is 0. The van der Waals surface area contributed by atoms with Crippen LogP contribution in [0.15, 0.2) is 76.9 Å². The quantitative estimate of drug-likeness (QED) is 0.585. The Bertz CT molecular complexity index is 819. The highest BCUT2D eigenvalue weighted by atomic mass is 28.3. The normalized spacial score (nSPS) is 15.9. The zero-order chi connectivity index (χ0) is 18.2. The molecule has 1 N–H and O–H groups in total. The summed E-state index contributed by atoms with van der Waals surface area (Å²) < 4.78 is 0. The Labute approximate surface area is 153 Å². The Balaban J connectivity index is 1.98. The zero-order valence-corrected chi connectivity index (χ0v) is 17.3. The van der Waals surface area contributed by atoms with Crippen molar-refractivity contribution in [3.8, 4) is 11.1 Å². The number of hydrogen-bond acceptors (Lipinski definition) is 1. The van der Waals surface area contributed by atoms with Crippen molar-refractivity contribution in [2.24, 2.45) is 0 Å². The van der Waals surface area contributed by atoms with Gasteiger partial charge in [-0.1, -0.05) is 72.8 Å². The fourth-order valence-electron chi connectivity index (χ4n) is 4.31. The minimum absolute atomic E-state index is 0.566. The van der Waals surface area contributed by atoms with E-state index in [1.807, 2.05) is 0 Å². The van der Waals surface area contributed by atoms with Crippen LogP contribution in [-0.2, 0) is 0 Å². The van der Waals surface area contributed by atoms with Gasteiger partial charge in [-0.2, -0.15) is 0 Å². The maximum atomic E-state index is 4.00. The first kappa shape index (κ1) is 17.8. The van der Waals surface area contributed by atoms with Gasteiger partial charge in [-0.25, -0.2) is 0 Å². The Morgan fingerprint density at radius 2 is 1.24 bits per heavy atom. The molecule has 0 spiro atoms. The number of benzene rings is 2. The van der Waals surface area contributed by atoms with Crippen molar-refractivity contribution in [1.29, 1.82) is 0 Å². The van der Waals surface area contributed by atoms with Gasteiger partial charge in [0.25, 0.3) is 0 Å². The van der Waals surface area contributed by atoms with Crippen LogP contribution in [0.4, 0.5) is 5.69 Å². The number of rotatable bonds is 4. The first-order valence-electron chi connectivity index (χ1n) is 9.10. The van der Waals surface area contributed by atoms with E-state index in [-0.39, 0.29) is 0 Å². The van der Waals surface area contributed by atoms with E-state index in [0.717, 1.165) is 0 Å². The minimum atomic E-state index is -1.75. The molecule has 2 aromatic carbocycles. The van der Waals surface area contributed by atoms with Gasteiger partial charge >= 0.3 is 0 Å². The molecule has 25 heavy (non-hydrogen) atoms. The van der Waals surface area contributed by atoms with Gasteiger partial charge in [-0.15, -0.1) is 0 Å². The van der Waals surface area contributed by atoms with Crippen LogP contribution >= 0.6 is 0 Å². The molecule has 0 fully saturated rings. The van der Waals surface area contributed by atoms with Crippen LogP contribution in [-0.4, -0.2) is 8.24 Å². The Hall–Kier alpha value is -2.06. The van der Waals surface area contributed by atoms with E-state index in [9.17, 15) is 0 Å². The topological polar surface area (TPSA) is 12.0 Å². The molecule has 0 saturated carbocycles. The molecule has 3 rings (SSSR count). The van der Waals surface area contributed by atoms with Crippen molar-refractivity contribution >= 4 is 13.9 Å². The molecule has 1 aliphatic rings. The van der Waals surface area contributed by atoms with Crippen molar-refractivity contribution in [3.05, 3.63) is 76.9 Å². The molecular formula is C23H29NSi. The van der Waals surface area contributed by atoms with E-state index in [2.05, 4.69) is 100 Å². The van der Waals surface area contributed by atoms with E-state index >= 15 is 0 Å². The maximum Gasteiger partial charge on any atom is 0.158 e. The average molecular weight is 348 g/mol. The average Bonchev–Trinajstić information content (AvgIpc) is 2.79. The summed E-state index contributed by atoms with van der Waals surface area (Å²) in [4.78, 5) is 4.00. The molecule has 130 valence electrons. The second-order valence-corrected chi connectivity index (χ2v) is 12.1. The minimum Gasteiger partial charge on any atom is -0.409 e. The lowest BCUT2D eigenvalue weighted by atomic mass is 10.0. The van der Waals surface area contributed by atoms with Gasteiger partial charge in [0.1, 0.15) is 0 Å². The first-order chi connectivity index (χ1) is 11.8. The monoisotopic (exact) mass is 347 g/mol. The highest BCUT2D eigenvalue weighted by molar-refractivity contribution is 6.83. The third kappa shape index (κ3) is 3.23. The lowest BCUT2D eigenvalue weighted by Crippen LogP contribution is -2.42. The van der Waals surface area contributed by atoms with Crippen molar-refractivity contribution < 1.29 is 0 Å². The fourth-order valence-corrected chi connectivity index (χ4v) is 7.97. The number of nitrogens with one attached hydrogen (secondary N) is 1. The molecule has 1 nitrogen and oxygen atoms in total. The summed E-state index contributed by atoms with van der Waals surface area (Å²) >= 11 is 0. The predicted octanol–water partition coefficient (Wildman–Crippen LogP) is 7.03. The van der Waals surface area contributed by atoms with Crippen LogP contribution in [0.2, 0.25) is 18.6 Å². The van der Waals surface area contributed by atoms with Crippen LogP contribution in [0.3, 0.4) is 0 Å². The Morgan fingerprint density at radius 1 is 0.720 bits per heavy atom. The van der Waals surface area contributed by atoms with Crippen molar-refractivity contribution in [2.45, 2.75) is 46.3 Å². The van der Waals surface area contributed by atoms with E-state index < -0.39 is 8.24 Å². The second-order valence-electron chi connectivity index (χ2n) is 7.81. The van der Waals surface area contributed by atoms with Gasteiger partial charge in [0.05, 0.1) is 0 Å². The van der Waals surface area contributed by atoms with Gasteiger partial charge < -0.3 is 4.98 Å². The summed E-state index contributed by atoms with van der Waals surface area (Å²) in [5.41, 5.74) is 10.5.